The van der Waals surface area contributed by atoms with Gasteiger partial charge in [-0.05, 0) is 49.0 Å². The van der Waals surface area contributed by atoms with E-state index in [1.54, 1.807) is 0 Å². The fourth-order valence-electron chi connectivity index (χ4n) is 4.42. The van der Waals surface area contributed by atoms with Gasteiger partial charge in [-0.2, -0.15) is 0 Å². The molecule has 1 saturated heterocycles. The highest BCUT2D eigenvalue weighted by atomic mass is 16.5. The Morgan fingerprint density at radius 3 is 2.94 bits per heavy atom. The average Bonchev–Trinajstić information content (AvgIpc) is 2.90. The van der Waals surface area contributed by atoms with Crippen LogP contribution < -0.4 is 0 Å². The minimum atomic E-state index is 0.238. The summed E-state index contributed by atoms with van der Waals surface area (Å²) in [7, 11) is 0. The number of aliphatic hydroxyl groups excluding tert-OH is 1. The van der Waals surface area contributed by atoms with Gasteiger partial charge in [-0.3, -0.25) is 0 Å². The van der Waals surface area contributed by atoms with Crippen LogP contribution in [-0.2, 0) is 4.74 Å². The first kappa shape index (κ1) is 11.7. The second-order valence-corrected chi connectivity index (χ2v) is 6.45. The number of hydrogen-bond donors (Lipinski definition) is 1. The van der Waals surface area contributed by atoms with Gasteiger partial charge in [0.1, 0.15) is 0 Å². The smallest absolute Gasteiger partial charge is 0.0700 e. The van der Waals surface area contributed by atoms with Crippen LogP contribution in [0.25, 0.3) is 0 Å². The molecule has 2 heteroatoms. The van der Waals surface area contributed by atoms with E-state index in [-0.39, 0.29) is 12.0 Å². The van der Waals surface area contributed by atoms with E-state index in [0.717, 1.165) is 24.9 Å². The maximum absolute atomic E-state index is 9.35. The summed E-state index contributed by atoms with van der Waals surface area (Å²) in [6.07, 6.45) is 7.72. The molecule has 0 aromatic rings. The predicted molar refractivity (Wildman–Crippen MR) is 67.6 cm³/mol. The first-order valence-corrected chi connectivity index (χ1v) is 7.10. The third-order valence-electron chi connectivity index (χ3n) is 5.59. The first-order valence-electron chi connectivity index (χ1n) is 7.10. The van der Waals surface area contributed by atoms with Crippen LogP contribution in [0.3, 0.4) is 0 Å². The van der Waals surface area contributed by atoms with Crippen molar-refractivity contribution >= 4 is 0 Å². The van der Waals surface area contributed by atoms with Crippen LogP contribution in [-0.4, -0.2) is 24.4 Å². The fourth-order valence-corrected chi connectivity index (χ4v) is 4.42. The van der Waals surface area contributed by atoms with Crippen molar-refractivity contribution in [2.24, 2.45) is 23.2 Å². The second-order valence-electron chi connectivity index (χ2n) is 6.45. The van der Waals surface area contributed by atoms with Crippen molar-refractivity contribution in [3.63, 3.8) is 0 Å². The van der Waals surface area contributed by atoms with Crippen molar-refractivity contribution in [2.75, 3.05) is 13.2 Å². The summed E-state index contributed by atoms with van der Waals surface area (Å²) >= 11 is 0. The molecule has 5 atom stereocenters. The van der Waals surface area contributed by atoms with Crippen molar-refractivity contribution in [3.05, 3.63) is 11.6 Å². The van der Waals surface area contributed by atoms with Gasteiger partial charge in [0.05, 0.1) is 12.7 Å². The van der Waals surface area contributed by atoms with E-state index in [4.69, 9.17) is 4.74 Å². The summed E-state index contributed by atoms with van der Waals surface area (Å²) < 4.78 is 6.14. The zero-order valence-electron chi connectivity index (χ0n) is 11.0. The molecule has 5 unspecified atom stereocenters. The van der Waals surface area contributed by atoms with E-state index in [9.17, 15) is 5.11 Å². The topological polar surface area (TPSA) is 29.5 Å². The predicted octanol–water partition coefficient (Wildman–Crippen LogP) is 2.77. The Labute approximate surface area is 104 Å². The van der Waals surface area contributed by atoms with E-state index in [1.807, 2.05) is 0 Å². The highest BCUT2D eigenvalue weighted by molar-refractivity contribution is 5.23. The van der Waals surface area contributed by atoms with Crippen LogP contribution in [0, 0.1) is 23.2 Å². The van der Waals surface area contributed by atoms with E-state index < -0.39 is 0 Å². The Bertz CT molecular complexity index is 336. The van der Waals surface area contributed by atoms with Gasteiger partial charge >= 0.3 is 0 Å². The Morgan fingerprint density at radius 2 is 2.24 bits per heavy atom. The summed E-state index contributed by atoms with van der Waals surface area (Å²) in [5, 5.41) is 9.35. The monoisotopic (exact) mass is 236 g/mol. The van der Waals surface area contributed by atoms with Gasteiger partial charge in [0.15, 0.2) is 0 Å². The molecule has 0 radical (unpaired) electrons. The molecule has 96 valence electrons. The van der Waals surface area contributed by atoms with Gasteiger partial charge in [-0.15, -0.1) is 0 Å². The average molecular weight is 236 g/mol. The lowest BCUT2D eigenvalue weighted by Gasteiger charge is -2.46. The summed E-state index contributed by atoms with van der Waals surface area (Å²) in [5.74, 6) is 2.18. The summed E-state index contributed by atoms with van der Waals surface area (Å²) in [6, 6.07) is 0. The number of fused-ring (bicyclic) bond motifs is 2. The van der Waals surface area contributed by atoms with Crippen molar-refractivity contribution in [1.82, 2.24) is 0 Å². The van der Waals surface area contributed by atoms with Crippen LogP contribution in [0.5, 0.6) is 0 Å². The molecule has 0 amide bonds. The Morgan fingerprint density at radius 1 is 1.41 bits per heavy atom. The lowest BCUT2D eigenvalue weighted by molar-refractivity contribution is -0.0503. The molecule has 3 aliphatic rings. The van der Waals surface area contributed by atoms with Crippen molar-refractivity contribution in [3.8, 4) is 0 Å². The van der Waals surface area contributed by atoms with Crippen LogP contribution in [0.4, 0.5) is 0 Å². The number of ether oxygens (including phenoxy) is 1. The second kappa shape index (κ2) is 4.10. The maximum atomic E-state index is 9.35. The molecule has 0 aromatic carbocycles. The van der Waals surface area contributed by atoms with Crippen LogP contribution in [0.2, 0.25) is 0 Å². The standard InChI is InChI=1S/C15H24O2/c1-10-9-17-14-13(10)4-3-11(2)15(14)6-5-12(7-15)8-16/h7,10-11,13-14,16H,3-6,8-9H2,1-2H3. The Hall–Kier alpha value is -0.340. The largest absolute Gasteiger partial charge is 0.392 e. The van der Waals surface area contributed by atoms with Crippen LogP contribution in [0.1, 0.15) is 39.5 Å². The molecule has 2 fully saturated rings. The molecule has 1 aliphatic heterocycles. The molecule has 3 rings (SSSR count). The summed E-state index contributed by atoms with van der Waals surface area (Å²) in [4.78, 5) is 0. The molecule has 0 aromatic heterocycles. The zero-order chi connectivity index (χ0) is 12.0. The van der Waals surface area contributed by atoms with Gasteiger partial charge < -0.3 is 9.84 Å². The number of aliphatic hydroxyl groups is 1. The highest BCUT2D eigenvalue weighted by Crippen LogP contribution is 2.56. The molecule has 1 N–H and O–H groups in total. The van der Waals surface area contributed by atoms with Crippen molar-refractivity contribution < 1.29 is 9.84 Å². The molecule has 17 heavy (non-hydrogen) atoms. The fraction of sp³-hybridized carbons (Fsp3) is 0.867. The van der Waals surface area contributed by atoms with Gasteiger partial charge in [-0.1, -0.05) is 19.9 Å². The SMILES string of the molecule is CC1COC2C1CCC(C)C21C=C(CO)CC1. The minimum Gasteiger partial charge on any atom is -0.392 e. The van der Waals surface area contributed by atoms with E-state index >= 15 is 0 Å². The maximum Gasteiger partial charge on any atom is 0.0700 e. The Kier molecular flexibility index (Phi) is 2.83. The lowest BCUT2D eigenvalue weighted by Crippen LogP contribution is -2.45. The van der Waals surface area contributed by atoms with Crippen molar-refractivity contribution in [2.45, 2.75) is 45.6 Å². The summed E-state index contributed by atoms with van der Waals surface area (Å²) in [6.45, 7) is 5.88. The van der Waals surface area contributed by atoms with Gasteiger partial charge in [-0.25, -0.2) is 0 Å². The third kappa shape index (κ3) is 1.61. The third-order valence-corrected chi connectivity index (χ3v) is 5.59. The summed E-state index contributed by atoms with van der Waals surface area (Å²) in [5.41, 5.74) is 1.48. The Balaban J connectivity index is 1.93. The van der Waals surface area contributed by atoms with E-state index in [1.165, 1.54) is 24.8 Å². The molecule has 0 bridgehead atoms. The highest BCUT2D eigenvalue weighted by Gasteiger charge is 2.54. The molecule has 2 aliphatic carbocycles. The quantitative estimate of drug-likeness (QED) is 0.709. The molecular weight excluding hydrogens is 212 g/mol. The molecular formula is C15H24O2. The van der Waals surface area contributed by atoms with E-state index in [2.05, 4.69) is 19.9 Å². The van der Waals surface area contributed by atoms with Gasteiger partial charge in [0.2, 0.25) is 0 Å². The zero-order valence-corrected chi connectivity index (χ0v) is 11.0. The number of hydrogen-bond acceptors (Lipinski definition) is 2. The molecule has 1 saturated carbocycles. The number of rotatable bonds is 1. The molecule has 1 heterocycles. The van der Waals surface area contributed by atoms with Gasteiger partial charge in [0, 0.05) is 12.0 Å². The van der Waals surface area contributed by atoms with Crippen molar-refractivity contribution in [1.29, 1.82) is 0 Å². The van der Waals surface area contributed by atoms with Gasteiger partial charge in [0.25, 0.3) is 0 Å². The van der Waals surface area contributed by atoms with Crippen LogP contribution in [0.15, 0.2) is 11.6 Å². The molecule has 1 spiro atoms. The first-order chi connectivity index (χ1) is 8.17. The lowest BCUT2D eigenvalue weighted by atomic mass is 9.60. The minimum absolute atomic E-state index is 0.238. The van der Waals surface area contributed by atoms with Crippen LogP contribution >= 0.6 is 0 Å². The van der Waals surface area contributed by atoms with E-state index in [0.29, 0.717) is 12.0 Å². The normalized spacial score (nSPS) is 49.5. The molecule has 2 nitrogen and oxygen atoms in total.